The third-order valence-electron chi connectivity index (χ3n) is 6.42. The van der Waals surface area contributed by atoms with E-state index in [9.17, 15) is 13.2 Å². The molecule has 2 aliphatic rings. The molecule has 0 aromatic heterocycles. The van der Waals surface area contributed by atoms with Crippen molar-refractivity contribution in [2.24, 2.45) is 0 Å². The number of benzene rings is 3. The van der Waals surface area contributed by atoms with Gasteiger partial charge in [0.1, 0.15) is 5.75 Å². The van der Waals surface area contributed by atoms with Crippen LogP contribution in [0.3, 0.4) is 0 Å². The first-order valence-corrected chi connectivity index (χ1v) is 13.4. The summed E-state index contributed by atoms with van der Waals surface area (Å²) in [7, 11) is -3.86. The number of nitrogens with one attached hydrogen (secondary N) is 1. The molecule has 2 heterocycles. The number of ether oxygens (including phenoxy) is 1. The Bertz CT molecular complexity index is 1290. The van der Waals surface area contributed by atoms with Crippen molar-refractivity contribution < 1.29 is 17.9 Å². The van der Waals surface area contributed by atoms with Crippen LogP contribution in [0.5, 0.6) is 5.75 Å². The average molecular weight is 492 g/mol. The number of nitrogens with zero attached hydrogens (tertiary/aromatic N) is 2. The highest BCUT2D eigenvalue weighted by molar-refractivity contribution is 7.92. The molecule has 0 radical (unpaired) electrons. The largest absolute Gasteiger partial charge is 0.476 e. The summed E-state index contributed by atoms with van der Waals surface area (Å²) >= 11 is 0. The third-order valence-corrected chi connectivity index (χ3v) is 8.22. The van der Waals surface area contributed by atoms with Crippen LogP contribution in [0.15, 0.2) is 83.8 Å². The van der Waals surface area contributed by atoms with Gasteiger partial charge < -0.3 is 10.1 Å². The van der Waals surface area contributed by atoms with E-state index in [2.05, 4.69) is 22.3 Å². The lowest BCUT2D eigenvalue weighted by molar-refractivity contribution is -0.127. The predicted molar refractivity (Wildman–Crippen MR) is 135 cm³/mol. The minimum Gasteiger partial charge on any atom is -0.476 e. The maximum Gasteiger partial charge on any atom is 0.264 e. The third kappa shape index (κ3) is 5.18. The summed E-state index contributed by atoms with van der Waals surface area (Å²) in [4.78, 5) is 15.7. The Labute approximate surface area is 206 Å². The van der Waals surface area contributed by atoms with Crippen LogP contribution in [0.25, 0.3) is 0 Å². The number of para-hydroxylation sites is 2. The number of hydrogen-bond acceptors (Lipinski definition) is 5. The van der Waals surface area contributed by atoms with Gasteiger partial charge in [0, 0.05) is 13.1 Å². The van der Waals surface area contributed by atoms with Gasteiger partial charge in [0.25, 0.3) is 15.9 Å². The molecule has 35 heavy (non-hydrogen) atoms. The zero-order valence-electron chi connectivity index (χ0n) is 19.5. The van der Waals surface area contributed by atoms with Gasteiger partial charge in [-0.3, -0.25) is 14.0 Å². The van der Waals surface area contributed by atoms with Crippen LogP contribution in [0.2, 0.25) is 0 Å². The Morgan fingerprint density at radius 2 is 1.63 bits per heavy atom. The first-order valence-electron chi connectivity index (χ1n) is 11.9. The lowest BCUT2D eigenvalue weighted by Gasteiger charge is -2.34. The van der Waals surface area contributed by atoms with Gasteiger partial charge in [-0.25, -0.2) is 8.42 Å². The molecule has 0 aliphatic carbocycles. The van der Waals surface area contributed by atoms with Crippen LogP contribution >= 0.6 is 0 Å². The van der Waals surface area contributed by atoms with Gasteiger partial charge in [0.15, 0.2) is 6.10 Å². The van der Waals surface area contributed by atoms with Crippen molar-refractivity contribution >= 4 is 21.6 Å². The number of rotatable bonds is 7. The molecule has 0 bridgehead atoms. The molecule has 5 rings (SSSR count). The number of amides is 1. The second-order valence-electron chi connectivity index (χ2n) is 8.94. The smallest absolute Gasteiger partial charge is 0.264 e. The zero-order chi connectivity index (χ0) is 24.3. The molecular weight excluding hydrogens is 462 g/mol. The van der Waals surface area contributed by atoms with E-state index in [0.29, 0.717) is 18.0 Å². The van der Waals surface area contributed by atoms with Crippen LogP contribution in [0.1, 0.15) is 24.0 Å². The fourth-order valence-corrected chi connectivity index (χ4v) is 6.12. The Kier molecular flexibility index (Phi) is 6.74. The first-order chi connectivity index (χ1) is 17.0. The molecule has 8 heteroatoms. The standard InChI is InChI=1S/C27H29N3O4S/c31-27(28-18-21-9-8-10-22(17-21)19-29-15-6-7-16-29)26-20-30(24-13-4-5-14-25(24)34-26)35(32,33)23-11-2-1-3-12-23/h1-5,8-14,17,26H,6-7,15-16,18-20H2,(H,28,31). The fourth-order valence-electron chi connectivity index (χ4n) is 4.63. The second-order valence-corrected chi connectivity index (χ2v) is 10.8. The fraction of sp³-hybridized carbons (Fsp3) is 0.296. The molecule has 3 aromatic rings. The molecule has 7 nitrogen and oxygen atoms in total. The summed E-state index contributed by atoms with van der Waals surface area (Å²) in [5.41, 5.74) is 2.65. The highest BCUT2D eigenvalue weighted by atomic mass is 32.2. The topological polar surface area (TPSA) is 79.0 Å². The molecule has 3 aromatic carbocycles. The van der Waals surface area contributed by atoms with E-state index in [4.69, 9.17) is 4.74 Å². The van der Waals surface area contributed by atoms with Crippen molar-refractivity contribution in [2.75, 3.05) is 23.9 Å². The summed E-state index contributed by atoms with van der Waals surface area (Å²) < 4.78 is 34.0. The number of sulfonamides is 1. The number of carbonyl (C=O) groups excluding carboxylic acids is 1. The summed E-state index contributed by atoms with van der Waals surface area (Å²) in [6, 6.07) is 23.3. The van der Waals surface area contributed by atoms with E-state index in [1.807, 2.05) is 12.1 Å². The number of carbonyl (C=O) groups is 1. The Balaban J connectivity index is 1.30. The lowest BCUT2D eigenvalue weighted by atomic mass is 10.1. The zero-order valence-corrected chi connectivity index (χ0v) is 20.3. The maximum atomic E-state index is 13.4. The van der Waals surface area contributed by atoms with E-state index in [0.717, 1.165) is 25.2 Å². The van der Waals surface area contributed by atoms with E-state index in [1.54, 1.807) is 54.6 Å². The summed E-state index contributed by atoms with van der Waals surface area (Å²) in [6.45, 7) is 3.42. The molecule has 2 aliphatic heterocycles. The molecule has 182 valence electrons. The monoisotopic (exact) mass is 491 g/mol. The SMILES string of the molecule is O=C(NCc1cccc(CN2CCCC2)c1)C1CN(S(=O)(=O)c2ccccc2)c2ccccc2O1. The summed E-state index contributed by atoms with van der Waals surface area (Å²) in [6.07, 6.45) is 1.53. The van der Waals surface area contributed by atoms with Gasteiger partial charge in [0.2, 0.25) is 0 Å². The average Bonchev–Trinajstić information content (AvgIpc) is 3.40. The predicted octanol–water partition coefficient (Wildman–Crippen LogP) is 3.56. The van der Waals surface area contributed by atoms with Crippen LogP contribution in [-0.2, 0) is 27.9 Å². The van der Waals surface area contributed by atoms with Crippen molar-refractivity contribution in [1.82, 2.24) is 10.2 Å². The van der Waals surface area contributed by atoms with Gasteiger partial charge in [0.05, 0.1) is 17.1 Å². The van der Waals surface area contributed by atoms with Crippen LogP contribution in [0.4, 0.5) is 5.69 Å². The number of likely N-dealkylation sites (tertiary alicyclic amines) is 1. The van der Waals surface area contributed by atoms with Gasteiger partial charge in [-0.05, 0) is 61.3 Å². The highest BCUT2D eigenvalue weighted by Crippen LogP contribution is 2.36. The van der Waals surface area contributed by atoms with Crippen LogP contribution in [0, 0.1) is 0 Å². The molecular formula is C27H29N3O4S. The number of fused-ring (bicyclic) bond motifs is 1. The quantitative estimate of drug-likeness (QED) is 0.547. The first kappa shape index (κ1) is 23.4. The van der Waals surface area contributed by atoms with Crippen molar-refractivity contribution in [1.29, 1.82) is 0 Å². The molecule has 0 saturated carbocycles. The Hall–Kier alpha value is -3.36. The molecule has 1 atom stereocenters. The maximum absolute atomic E-state index is 13.4. The minimum atomic E-state index is -3.86. The van der Waals surface area contributed by atoms with Crippen molar-refractivity contribution in [3.05, 3.63) is 90.0 Å². The highest BCUT2D eigenvalue weighted by Gasteiger charge is 2.37. The Morgan fingerprint density at radius 1 is 0.914 bits per heavy atom. The van der Waals surface area contributed by atoms with E-state index >= 15 is 0 Å². The van der Waals surface area contributed by atoms with Gasteiger partial charge in [-0.2, -0.15) is 0 Å². The second kappa shape index (κ2) is 10.1. The van der Waals surface area contributed by atoms with Gasteiger partial charge >= 0.3 is 0 Å². The number of hydrogen-bond donors (Lipinski definition) is 1. The molecule has 1 unspecified atom stereocenters. The van der Waals surface area contributed by atoms with E-state index in [-0.39, 0.29) is 17.3 Å². The van der Waals surface area contributed by atoms with E-state index < -0.39 is 16.1 Å². The molecule has 0 spiro atoms. The van der Waals surface area contributed by atoms with Crippen LogP contribution < -0.4 is 14.4 Å². The molecule has 1 fully saturated rings. The summed E-state index contributed by atoms with van der Waals surface area (Å²) in [5, 5.41) is 2.93. The normalized spacial score (nSPS) is 18.1. The van der Waals surface area contributed by atoms with Gasteiger partial charge in [-0.15, -0.1) is 0 Å². The molecule has 1 N–H and O–H groups in total. The minimum absolute atomic E-state index is 0.102. The van der Waals surface area contributed by atoms with Gasteiger partial charge in [-0.1, -0.05) is 54.6 Å². The molecule has 1 amide bonds. The Morgan fingerprint density at radius 3 is 2.43 bits per heavy atom. The van der Waals surface area contributed by atoms with Crippen molar-refractivity contribution in [3.8, 4) is 5.75 Å². The molecule has 1 saturated heterocycles. The lowest BCUT2D eigenvalue weighted by Crippen LogP contribution is -2.50. The van der Waals surface area contributed by atoms with Crippen LogP contribution in [-0.4, -0.2) is 45.0 Å². The number of anilines is 1. The van der Waals surface area contributed by atoms with Crippen molar-refractivity contribution in [2.45, 2.75) is 36.9 Å². The summed E-state index contributed by atoms with van der Waals surface area (Å²) in [5.74, 6) is 0.0173. The van der Waals surface area contributed by atoms with Crippen molar-refractivity contribution in [3.63, 3.8) is 0 Å². The van der Waals surface area contributed by atoms with E-state index in [1.165, 1.54) is 22.7 Å².